The smallest absolute Gasteiger partial charge is 0.0429 e. The minimum Gasteiger partial charge on any atom is -0.305 e. The highest BCUT2D eigenvalue weighted by Gasteiger charge is 2.25. The Labute approximate surface area is 163 Å². The van der Waals surface area contributed by atoms with Crippen molar-refractivity contribution >= 4 is 22.1 Å². The number of nitrogens with zero attached hydrogens (tertiary/aromatic N) is 1. The van der Waals surface area contributed by atoms with Gasteiger partial charge >= 0.3 is 0 Å². The quantitative estimate of drug-likeness (QED) is 0.646. The van der Waals surface area contributed by atoms with Gasteiger partial charge in [0.25, 0.3) is 0 Å². The number of hydrogen-bond donors (Lipinski definition) is 1. The molecule has 2 aliphatic carbocycles. The summed E-state index contributed by atoms with van der Waals surface area (Å²) in [6, 6.07) is 13.1. The lowest BCUT2D eigenvalue weighted by molar-refractivity contribution is 0.439. The fourth-order valence-electron chi connectivity index (χ4n) is 4.73. The topological polar surface area (TPSA) is 27.1 Å². The lowest BCUT2D eigenvalue weighted by Gasteiger charge is -2.26. The van der Waals surface area contributed by atoms with E-state index < -0.39 is 0 Å². The highest BCUT2D eigenvalue weighted by Crippen LogP contribution is 2.37. The number of benzene rings is 2. The van der Waals surface area contributed by atoms with E-state index in [1.165, 1.54) is 65.1 Å². The molecule has 2 aliphatic rings. The SMILES string of the molecule is CN(C)CC1=C(c2ccc3ccccc3c2C(=N)C2CCCCC2)CC=C1. The van der Waals surface area contributed by atoms with E-state index in [0.29, 0.717) is 5.92 Å². The van der Waals surface area contributed by atoms with Crippen molar-refractivity contribution in [2.45, 2.75) is 38.5 Å². The van der Waals surface area contributed by atoms with Crippen LogP contribution in [0.1, 0.15) is 49.7 Å². The first-order chi connectivity index (χ1) is 13.1. The summed E-state index contributed by atoms with van der Waals surface area (Å²) < 4.78 is 0. The summed E-state index contributed by atoms with van der Waals surface area (Å²) in [4.78, 5) is 2.23. The number of hydrogen-bond acceptors (Lipinski definition) is 2. The molecule has 0 spiro atoms. The Morgan fingerprint density at radius 1 is 1.04 bits per heavy atom. The molecule has 0 amide bonds. The van der Waals surface area contributed by atoms with Crippen LogP contribution in [0.2, 0.25) is 0 Å². The number of allylic oxidation sites excluding steroid dienone is 2. The first-order valence-electron chi connectivity index (χ1n) is 10.3. The van der Waals surface area contributed by atoms with Crippen LogP contribution in [-0.2, 0) is 0 Å². The minimum absolute atomic E-state index is 0.413. The lowest BCUT2D eigenvalue weighted by atomic mass is 9.79. The highest BCUT2D eigenvalue weighted by atomic mass is 15.0. The molecule has 27 heavy (non-hydrogen) atoms. The first kappa shape index (κ1) is 18.2. The van der Waals surface area contributed by atoms with Gasteiger partial charge in [-0.05, 0) is 60.8 Å². The zero-order valence-corrected chi connectivity index (χ0v) is 16.6. The largest absolute Gasteiger partial charge is 0.305 e. The van der Waals surface area contributed by atoms with Crippen LogP contribution in [0.15, 0.2) is 54.1 Å². The van der Waals surface area contributed by atoms with E-state index in [-0.39, 0.29) is 0 Å². The number of rotatable bonds is 5. The van der Waals surface area contributed by atoms with Crippen LogP contribution in [0.25, 0.3) is 16.3 Å². The maximum absolute atomic E-state index is 9.17. The van der Waals surface area contributed by atoms with Crippen molar-refractivity contribution < 1.29 is 0 Å². The second-order valence-corrected chi connectivity index (χ2v) is 8.31. The maximum atomic E-state index is 9.17. The summed E-state index contributed by atoms with van der Waals surface area (Å²) in [5.41, 5.74) is 6.14. The van der Waals surface area contributed by atoms with Crippen LogP contribution in [0.3, 0.4) is 0 Å². The van der Waals surface area contributed by atoms with Gasteiger partial charge < -0.3 is 10.3 Å². The highest BCUT2D eigenvalue weighted by molar-refractivity contribution is 6.14. The number of nitrogens with one attached hydrogen (secondary N) is 1. The van der Waals surface area contributed by atoms with E-state index in [1.807, 2.05) is 0 Å². The third-order valence-electron chi connectivity index (χ3n) is 6.05. The molecule has 2 nitrogen and oxygen atoms in total. The van der Waals surface area contributed by atoms with Crippen LogP contribution in [0, 0.1) is 11.3 Å². The van der Waals surface area contributed by atoms with Gasteiger partial charge in [0.1, 0.15) is 0 Å². The van der Waals surface area contributed by atoms with E-state index in [2.05, 4.69) is 67.5 Å². The fraction of sp³-hybridized carbons (Fsp3) is 0.400. The van der Waals surface area contributed by atoms with Crippen LogP contribution in [0.5, 0.6) is 0 Å². The van der Waals surface area contributed by atoms with Crippen molar-refractivity contribution in [1.29, 1.82) is 5.41 Å². The van der Waals surface area contributed by atoms with Crippen molar-refractivity contribution in [2.75, 3.05) is 20.6 Å². The third-order valence-corrected chi connectivity index (χ3v) is 6.05. The van der Waals surface area contributed by atoms with Gasteiger partial charge in [-0.25, -0.2) is 0 Å². The Bertz CT molecular complexity index is 911. The van der Waals surface area contributed by atoms with Crippen molar-refractivity contribution in [3.63, 3.8) is 0 Å². The molecule has 1 N–H and O–H groups in total. The van der Waals surface area contributed by atoms with Gasteiger partial charge in [0, 0.05) is 23.7 Å². The van der Waals surface area contributed by atoms with Crippen molar-refractivity contribution in [1.82, 2.24) is 4.90 Å². The van der Waals surface area contributed by atoms with Crippen molar-refractivity contribution in [3.8, 4) is 0 Å². The Hall–Kier alpha value is -2.19. The van der Waals surface area contributed by atoms with Gasteiger partial charge in [-0.15, -0.1) is 0 Å². The predicted molar refractivity (Wildman–Crippen MR) is 117 cm³/mol. The van der Waals surface area contributed by atoms with E-state index in [1.54, 1.807) is 0 Å². The van der Waals surface area contributed by atoms with E-state index in [4.69, 9.17) is 5.41 Å². The molecule has 140 valence electrons. The van der Waals surface area contributed by atoms with Crippen molar-refractivity contribution in [3.05, 3.63) is 65.3 Å². The molecule has 2 aromatic carbocycles. The molecule has 0 saturated heterocycles. The molecule has 4 rings (SSSR count). The molecule has 1 fully saturated rings. The molecule has 0 aromatic heterocycles. The second-order valence-electron chi connectivity index (χ2n) is 8.31. The lowest BCUT2D eigenvalue weighted by Crippen LogP contribution is -2.20. The zero-order valence-electron chi connectivity index (χ0n) is 16.6. The summed E-state index contributed by atoms with van der Waals surface area (Å²) >= 11 is 0. The van der Waals surface area contributed by atoms with Crippen LogP contribution < -0.4 is 0 Å². The molecule has 2 aromatic rings. The Kier molecular flexibility index (Phi) is 5.27. The van der Waals surface area contributed by atoms with Gasteiger partial charge in [-0.1, -0.05) is 67.8 Å². The summed E-state index contributed by atoms with van der Waals surface area (Å²) in [5.74, 6) is 0.413. The summed E-state index contributed by atoms with van der Waals surface area (Å²) in [7, 11) is 4.25. The minimum atomic E-state index is 0.413. The van der Waals surface area contributed by atoms with Gasteiger partial charge in [0.2, 0.25) is 0 Å². The normalized spacial score (nSPS) is 18.0. The van der Waals surface area contributed by atoms with Crippen LogP contribution in [0.4, 0.5) is 0 Å². The monoisotopic (exact) mass is 358 g/mol. The summed E-state index contributed by atoms with van der Waals surface area (Å²) in [6.07, 6.45) is 11.7. The Balaban J connectivity index is 1.87. The second kappa shape index (κ2) is 7.82. The molecule has 0 unspecified atom stereocenters. The fourth-order valence-corrected chi connectivity index (χ4v) is 4.73. The van der Waals surface area contributed by atoms with E-state index in [0.717, 1.165) is 18.7 Å². The molecule has 0 radical (unpaired) electrons. The van der Waals surface area contributed by atoms with E-state index >= 15 is 0 Å². The molecule has 1 saturated carbocycles. The zero-order chi connectivity index (χ0) is 18.8. The van der Waals surface area contributed by atoms with E-state index in [9.17, 15) is 0 Å². The average Bonchev–Trinajstić information content (AvgIpc) is 3.14. The summed E-state index contributed by atoms with van der Waals surface area (Å²) in [5, 5.41) is 11.7. The molecule has 2 heteroatoms. The van der Waals surface area contributed by atoms with Gasteiger partial charge in [0.15, 0.2) is 0 Å². The molecule has 0 bridgehead atoms. The van der Waals surface area contributed by atoms with Gasteiger partial charge in [-0.2, -0.15) is 0 Å². The third kappa shape index (κ3) is 3.64. The molecule has 0 heterocycles. The van der Waals surface area contributed by atoms with Gasteiger partial charge in [0.05, 0.1) is 0 Å². The molecule has 0 atom stereocenters. The Morgan fingerprint density at radius 3 is 2.59 bits per heavy atom. The van der Waals surface area contributed by atoms with Crippen LogP contribution in [-0.4, -0.2) is 31.3 Å². The standard InChI is InChI=1S/C25H30N2/c1-27(2)17-20-12-8-14-21(20)23-16-15-18-9-6-7-13-22(18)24(23)25(26)19-10-4-3-5-11-19/h6-9,12-13,15-16,19,26H,3-5,10-11,14,17H2,1-2H3. The predicted octanol–water partition coefficient (Wildman–Crippen LogP) is 6.06. The first-order valence-corrected chi connectivity index (χ1v) is 10.3. The Morgan fingerprint density at radius 2 is 1.81 bits per heavy atom. The number of likely N-dealkylation sites (N-methyl/N-ethyl adjacent to an activating group) is 1. The van der Waals surface area contributed by atoms with Crippen LogP contribution >= 0.6 is 0 Å². The average molecular weight is 359 g/mol. The summed E-state index contributed by atoms with van der Waals surface area (Å²) in [6.45, 7) is 0.953. The number of fused-ring (bicyclic) bond motifs is 1. The molecular formula is C25H30N2. The van der Waals surface area contributed by atoms with Gasteiger partial charge in [-0.3, -0.25) is 0 Å². The molecular weight excluding hydrogens is 328 g/mol. The van der Waals surface area contributed by atoms with Crippen molar-refractivity contribution in [2.24, 2.45) is 5.92 Å². The maximum Gasteiger partial charge on any atom is 0.0429 e. The molecule has 0 aliphatic heterocycles.